The highest BCUT2D eigenvalue weighted by molar-refractivity contribution is 7.18. The highest BCUT2D eigenvalue weighted by atomic mass is 32.1. The lowest BCUT2D eigenvalue weighted by molar-refractivity contribution is 0.335. The van der Waals surface area contributed by atoms with Gasteiger partial charge in [-0.1, -0.05) is 6.42 Å². The van der Waals surface area contributed by atoms with Crippen LogP contribution in [-0.4, -0.2) is 22.6 Å². The number of rotatable bonds is 3. The van der Waals surface area contributed by atoms with E-state index in [4.69, 9.17) is 5.73 Å². The molecule has 3 rings (SSSR count). The molecule has 1 fully saturated rings. The summed E-state index contributed by atoms with van der Waals surface area (Å²) in [5.74, 6) is 1.64. The van der Waals surface area contributed by atoms with Crippen molar-refractivity contribution in [2.45, 2.75) is 38.6 Å². The SMILES string of the molecule is Cc1cc2c(NCC3CCCC(N)C3)ncnc2s1. The van der Waals surface area contributed by atoms with Crippen molar-refractivity contribution in [3.05, 3.63) is 17.3 Å². The molecule has 1 aliphatic carbocycles. The van der Waals surface area contributed by atoms with E-state index in [0.29, 0.717) is 12.0 Å². The lowest BCUT2D eigenvalue weighted by atomic mass is 9.86. The average molecular weight is 276 g/mol. The Labute approximate surface area is 117 Å². The Bertz CT molecular complexity index is 566. The van der Waals surface area contributed by atoms with Crippen molar-refractivity contribution < 1.29 is 0 Å². The number of nitrogens with two attached hydrogens (primary N) is 1. The fourth-order valence-electron chi connectivity index (χ4n) is 2.88. The fourth-order valence-corrected chi connectivity index (χ4v) is 3.72. The third-order valence-corrected chi connectivity index (χ3v) is 4.79. The molecule has 0 amide bonds. The van der Waals surface area contributed by atoms with Gasteiger partial charge in [0.2, 0.25) is 0 Å². The third-order valence-electron chi connectivity index (χ3n) is 3.83. The van der Waals surface area contributed by atoms with Crippen LogP contribution < -0.4 is 11.1 Å². The summed E-state index contributed by atoms with van der Waals surface area (Å²) in [6.45, 7) is 3.07. The molecule has 102 valence electrons. The van der Waals surface area contributed by atoms with Crippen LogP contribution in [0.1, 0.15) is 30.6 Å². The second kappa shape index (κ2) is 5.43. The van der Waals surface area contributed by atoms with Crippen molar-refractivity contribution in [2.24, 2.45) is 11.7 Å². The van der Waals surface area contributed by atoms with Gasteiger partial charge in [-0.3, -0.25) is 0 Å². The monoisotopic (exact) mass is 276 g/mol. The van der Waals surface area contributed by atoms with Crippen molar-refractivity contribution in [3.8, 4) is 0 Å². The minimum atomic E-state index is 0.384. The minimum absolute atomic E-state index is 0.384. The molecule has 0 radical (unpaired) electrons. The Morgan fingerprint density at radius 3 is 3.16 bits per heavy atom. The van der Waals surface area contributed by atoms with Crippen LogP contribution in [0, 0.1) is 12.8 Å². The van der Waals surface area contributed by atoms with Gasteiger partial charge >= 0.3 is 0 Å². The van der Waals surface area contributed by atoms with Crippen molar-refractivity contribution in [1.82, 2.24) is 9.97 Å². The summed E-state index contributed by atoms with van der Waals surface area (Å²) in [6, 6.07) is 2.55. The number of thiophene rings is 1. The van der Waals surface area contributed by atoms with Crippen LogP contribution >= 0.6 is 11.3 Å². The summed E-state index contributed by atoms with van der Waals surface area (Å²) in [5.41, 5.74) is 6.04. The van der Waals surface area contributed by atoms with Gasteiger partial charge in [0.25, 0.3) is 0 Å². The Balaban J connectivity index is 1.71. The minimum Gasteiger partial charge on any atom is -0.369 e. The van der Waals surface area contributed by atoms with Gasteiger partial charge in [-0.25, -0.2) is 9.97 Å². The maximum Gasteiger partial charge on any atom is 0.138 e. The number of nitrogens with one attached hydrogen (secondary N) is 1. The lowest BCUT2D eigenvalue weighted by Gasteiger charge is -2.26. The van der Waals surface area contributed by atoms with Crippen LogP contribution in [0.3, 0.4) is 0 Å². The number of nitrogens with zero attached hydrogens (tertiary/aromatic N) is 2. The smallest absolute Gasteiger partial charge is 0.138 e. The Kier molecular flexibility index (Phi) is 3.66. The fraction of sp³-hybridized carbons (Fsp3) is 0.571. The van der Waals surface area contributed by atoms with E-state index in [9.17, 15) is 0 Å². The molecule has 2 heterocycles. The molecule has 2 aromatic rings. The normalized spacial score (nSPS) is 23.7. The Morgan fingerprint density at radius 2 is 2.32 bits per heavy atom. The summed E-state index contributed by atoms with van der Waals surface area (Å²) in [4.78, 5) is 11.0. The number of fused-ring (bicyclic) bond motifs is 1. The molecule has 0 saturated heterocycles. The Hall–Kier alpha value is -1.20. The Morgan fingerprint density at radius 1 is 1.42 bits per heavy atom. The summed E-state index contributed by atoms with van der Waals surface area (Å²) in [7, 11) is 0. The van der Waals surface area contributed by atoms with Crippen LogP contribution in [0.4, 0.5) is 5.82 Å². The molecular formula is C14H20N4S. The molecule has 2 atom stereocenters. The van der Waals surface area contributed by atoms with Crippen LogP contribution in [0.25, 0.3) is 10.2 Å². The highest BCUT2D eigenvalue weighted by Crippen LogP contribution is 2.28. The average Bonchev–Trinajstić information content (AvgIpc) is 2.77. The topological polar surface area (TPSA) is 63.8 Å². The van der Waals surface area contributed by atoms with Gasteiger partial charge in [-0.2, -0.15) is 0 Å². The molecule has 2 unspecified atom stereocenters. The van der Waals surface area contributed by atoms with Gasteiger partial charge in [0.05, 0.1) is 5.39 Å². The largest absolute Gasteiger partial charge is 0.369 e. The van der Waals surface area contributed by atoms with Crippen LogP contribution in [-0.2, 0) is 0 Å². The summed E-state index contributed by atoms with van der Waals surface area (Å²) in [6.07, 6.45) is 6.48. The number of hydrogen-bond donors (Lipinski definition) is 2. The van der Waals surface area contributed by atoms with E-state index in [1.165, 1.54) is 24.1 Å². The zero-order chi connectivity index (χ0) is 13.2. The van der Waals surface area contributed by atoms with E-state index < -0.39 is 0 Å². The number of hydrogen-bond acceptors (Lipinski definition) is 5. The first-order valence-electron chi connectivity index (χ1n) is 6.93. The first-order valence-corrected chi connectivity index (χ1v) is 7.74. The maximum atomic E-state index is 6.04. The molecule has 0 bridgehead atoms. The molecule has 0 spiro atoms. The molecule has 1 saturated carbocycles. The third kappa shape index (κ3) is 2.87. The van der Waals surface area contributed by atoms with Crippen molar-refractivity contribution in [1.29, 1.82) is 0 Å². The molecule has 0 aromatic carbocycles. The van der Waals surface area contributed by atoms with Crippen molar-refractivity contribution in [3.63, 3.8) is 0 Å². The predicted octanol–water partition coefficient (Wildman–Crippen LogP) is 2.93. The standard InChI is InChI=1S/C14H20N4S/c1-9-5-12-13(17-8-18-14(12)19-9)16-7-10-3-2-4-11(15)6-10/h5,8,10-11H,2-4,6-7,15H2,1H3,(H,16,17,18). The van der Waals surface area contributed by atoms with E-state index in [2.05, 4.69) is 28.3 Å². The van der Waals surface area contributed by atoms with Gasteiger partial charge in [0.1, 0.15) is 17.0 Å². The van der Waals surface area contributed by atoms with Gasteiger partial charge in [-0.05, 0) is 38.2 Å². The van der Waals surface area contributed by atoms with E-state index >= 15 is 0 Å². The molecule has 2 aromatic heterocycles. The van der Waals surface area contributed by atoms with Crippen molar-refractivity contribution >= 4 is 27.4 Å². The first-order chi connectivity index (χ1) is 9.22. The number of anilines is 1. The van der Waals surface area contributed by atoms with Crippen LogP contribution in [0.15, 0.2) is 12.4 Å². The van der Waals surface area contributed by atoms with E-state index in [1.807, 2.05) is 0 Å². The second-order valence-corrected chi connectivity index (χ2v) is 6.71. The summed E-state index contributed by atoms with van der Waals surface area (Å²) < 4.78 is 0. The zero-order valence-corrected chi connectivity index (χ0v) is 12.0. The molecule has 19 heavy (non-hydrogen) atoms. The van der Waals surface area contributed by atoms with E-state index in [1.54, 1.807) is 17.7 Å². The number of aryl methyl sites for hydroxylation is 1. The maximum absolute atomic E-state index is 6.04. The molecule has 3 N–H and O–H groups in total. The second-order valence-electron chi connectivity index (χ2n) is 5.47. The summed E-state index contributed by atoms with van der Waals surface area (Å²) in [5, 5.41) is 4.63. The lowest BCUT2D eigenvalue weighted by Crippen LogP contribution is -2.31. The molecule has 1 aliphatic rings. The number of aromatic nitrogens is 2. The molecule has 5 heteroatoms. The van der Waals surface area contributed by atoms with Gasteiger partial charge < -0.3 is 11.1 Å². The van der Waals surface area contributed by atoms with E-state index in [-0.39, 0.29) is 0 Å². The first kappa shape index (κ1) is 12.8. The zero-order valence-electron chi connectivity index (χ0n) is 11.2. The predicted molar refractivity (Wildman–Crippen MR) is 80.6 cm³/mol. The van der Waals surface area contributed by atoms with Gasteiger partial charge in [0, 0.05) is 17.5 Å². The van der Waals surface area contributed by atoms with Crippen LogP contribution in [0.2, 0.25) is 0 Å². The van der Waals surface area contributed by atoms with Gasteiger partial charge in [-0.15, -0.1) is 11.3 Å². The molecular weight excluding hydrogens is 256 g/mol. The van der Waals surface area contributed by atoms with Crippen LogP contribution in [0.5, 0.6) is 0 Å². The van der Waals surface area contributed by atoms with Crippen molar-refractivity contribution in [2.75, 3.05) is 11.9 Å². The highest BCUT2D eigenvalue weighted by Gasteiger charge is 2.19. The van der Waals surface area contributed by atoms with Gasteiger partial charge in [0.15, 0.2) is 0 Å². The summed E-state index contributed by atoms with van der Waals surface area (Å²) >= 11 is 1.72. The molecule has 4 nitrogen and oxygen atoms in total. The molecule has 0 aliphatic heterocycles. The quantitative estimate of drug-likeness (QED) is 0.904. The van der Waals surface area contributed by atoms with E-state index in [0.717, 1.165) is 29.0 Å².